The molecule has 0 unspecified atom stereocenters. The topological polar surface area (TPSA) is 30.7 Å². The summed E-state index contributed by atoms with van der Waals surface area (Å²) in [5.41, 5.74) is 16.7. The van der Waals surface area contributed by atoms with Gasteiger partial charge < -0.3 is 4.57 Å². The Morgan fingerprint density at radius 3 is 1.55 bits per heavy atom. The zero-order valence-corrected chi connectivity index (χ0v) is 35.4. The van der Waals surface area contributed by atoms with Gasteiger partial charge in [0.25, 0.3) is 0 Å². The van der Waals surface area contributed by atoms with Crippen LogP contribution < -0.4 is 0 Å². The van der Waals surface area contributed by atoms with E-state index in [4.69, 9.17) is 9.97 Å². The summed E-state index contributed by atoms with van der Waals surface area (Å²) < 4.78 is 2.41. The fourth-order valence-corrected chi connectivity index (χ4v) is 10.1. The summed E-state index contributed by atoms with van der Waals surface area (Å²) in [6.07, 6.45) is 1.92. The molecule has 0 spiro atoms. The molecule has 0 fully saturated rings. The molecule has 302 valence electrons. The molecular weight excluding hydrogens is 787 g/mol. The first kappa shape index (κ1) is 36.9. The molecule has 0 amide bonds. The Morgan fingerprint density at radius 2 is 0.800 bits per heavy atom. The smallest absolute Gasteiger partial charge is 0.0979 e. The first-order valence-electron chi connectivity index (χ1n) is 22.2. The molecule has 0 N–H and O–H groups in total. The second kappa shape index (κ2) is 15.0. The molecule has 0 atom stereocenters. The van der Waals surface area contributed by atoms with Gasteiger partial charge in [-0.3, -0.25) is 4.98 Å². The van der Waals surface area contributed by atoms with Gasteiger partial charge in [0.05, 0.1) is 34.0 Å². The highest BCUT2D eigenvalue weighted by atomic mass is 15.0. The minimum Gasteiger partial charge on any atom is -0.309 e. The van der Waals surface area contributed by atoms with E-state index >= 15 is 0 Å². The van der Waals surface area contributed by atoms with E-state index < -0.39 is 0 Å². The number of aromatic nitrogens is 3. The van der Waals surface area contributed by atoms with Crippen molar-refractivity contribution in [1.82, 2.24) is 14.5 Å². The molecule has 0 bridgehead atoms. The molecule has 0 aliphatic heterocycles. The quantitative estimate of drug-likeness (QED) is 0.156. The summed E-state index contributed by atoms with van der Waals surface area (Å²) in [6, 6.07) is 83.3. The average molecular weight is 826 g/mol. The molecule has 0 aliphatic rings. The number of nitrogens with zero attached hydrogens (tertiary/aromatic N) is 3. The van der Waals surface area contributed by atoms with E-state index in [1.165, 1.54) is 65.6 Å². The zero-order chi connectivity index (χ0) is 42.8. The summed E-state index contributed by atoms with van der Waals surface area (Å²) in [4.78, 5) is 10.3. The normalized spacial score (nSPS) is 11.7. The molecule has 3 nitrogen and oxygen atoms in total. The Morgan fingerprint density at radius 1 is 0.292 bits per heavy atom. The monoisotopic (exact) mass is 825 g/mol. The summed E-state index contributed by atoms with van der Waals surface area (Å²) in [7, 11) is 0. The third-order valence-corrected chi connectivity index (χ3v) is 13.2. The maximum Gasteiger partial charge on any atom is 0.0979 e. The highest BCUT2D eigenvalue weighted by molar-refractivity contribution is 6.23. The van der Waals surface area contributed by atoms with Crippen molar-refractivity contribution < 1.29 is 0 Å². The van der Waals surface area contributed by atoms with Crippen LogP contribution in [0.5, 0.6) is 0 Å². The van der Waals surface area contributed by atoms with Crippen molar-refractivity contribution in [1.29, 1.82) is 0 Å². The highest BCUT2D eigenvalue weighted by Gasteiger charge is 2.16. The van der Waals surface area contributed by atoms with Crippen LogP contribution in [-0.4, -0.2) is 14.5 Å². The van der Waals surface area contributed by atoms with Crippen molar-refractivity contribution in [2.45, 2.75) is 0 Å². The maximum absolute atomic E-state index is 5.28. The van der Waals surface area contributed by atoms with Crippen LogP contribution in [-0.2, 0) is 0 Å². The lowest BCUT2D eigenvalue weighted by atomic mass is 9.96. The van der Waals surface area contributed by atoms with E-state index in [0.717, 1.165) is 61.0 Å². The van der Waals surface area contributed by atoms with Crippen molar-refractivity contribution >= 4 is 65.2 Å². The van der Waals surface area contributed by atoms with E-state index in [2.05, 4.69) is 235 Å². The van der Waals surface area contributed by atoms with Gasteiger partial charge in [0.1, 0.15) is 0 Å². The van der Waals surface area contributed by atoms with E-state index in [1.807, 2.05) is 6.20 Å². The summed E-state index contributed by atoms with van der Waals surface area (Å²) in [5, 5.41) is 9.64. The lowest BCUT2D eigenvalue weighted by Gasteiger charge is -2.12. The third-order valence-electron chi connectivity index (χ3n) is 13.2. The molecule has 3 heteroatoms. The SMILES string of the molecule is c1cc(-c2cccc(-c3cnc4c5ccccc5c5ccccc5c4n3)c2)cc(-c2cccc(-n3c4ccccc4c4cc(-c5ccc(-c6cccc7ccccc67)cc5)ccc43)c2)c1. The van der Waals surface area contributed by atoms with Crippen LogP contribution in [0.25, 0.3) is 127 Å². The number of para-hydroxylation sites is 1. The molecule has 0 saturated heterocycles. The van der Waals surface area contributed by atoms with Crippen molar-refractivity contribution in [2.24, 2.45) is 0 Å². The molecular formula is C62H39N3. The first-order chi connectivity index (χ1) is 32.2. The molecule has 0 saturated carbocycles. The van der Waals surface area contributed by atoms with Gasteiger partial charge >= 0.3 is 0 Å². The number of fused-ring (bicyclic) bond motifs is 10. The van der Waals surface area contributed by atoms with Gasteiger partial charge in [-0.05, 0) is 109 Å². The second-order valence-electron chi connectivity index (χ2n) is 16.9. The predicted molar refractivity (Wildman–Crippen MR) is 274 cm³/mol. The van der Waals surface area contributed by atoms with Crippen LogP contribution in [0.15, 0.2) is 237 Å². The van der Waals surface area contributed by atoms with Crippen LogP contribution in [0.3, 0.4) is 0 Å². The van der Waals surface area contributed by atoms with Crippen LogP contribution >= 0.6 is 0 Å². The Kier molecular flexibility index (Phi) is 8.53. The van der Waals surface area contributed by atoms with Crippen molar-refractivity contribution in [3.63, 3.8) is 0 Å². The molecule has 2 heterocycles. The first-order valence-corrected chi connectivity index (χ1v) is 22.2. The van der Waals surface area contributed by atoms with E-state index in [-0.39, 0.29) is 0 Å². The van der Waals surface area contributed by atoms with E-state index in [1.54, 1.807) is 0 Å². The Balaban J connectivity index is 0.840. The number of benzene rings is 11. The van der Waals surface area contributed by atoms with E-state index in [0.29, 0.717) is 0 Å². The fraction of sp³-hybridized carbons (Fsp3) is 0. The van der Waals surface area contributed by atoms with Crippen LogP contribution in [0.4, 0.5) is 0 Å². The van der Waals surface area contributed by atoms with Crippen LogP contribution in [0.1, 0.15) is 0 Å². The molecule has 13 aromatic rings. The van der Waals surface area contributed by atoms with Crippen molar-refractivity contribution in [3.8, 4) is 61.5 Å². The molecule has 11 aromatic carbocycles. The Hall–Kier alpha value is -8.66. The Labute approximate surface area is 376 Å². The standard InChI is InChI=1S/C62H39N3/c1-2-21-50-41(13-1)14-12-27-51(50)42-31-29-40(30-32-42)47-33-34-60-57(38-47)54-24-7-8-28-59(54)65(60)49-20-11-18-46(37-49)44-16-9-15-43(35-44)45-17-10-19-48(36-45)58-39-63-61-55-25-5-3-22-52(55)53-23-4-6-26-56(53)62(61)64-58/h1-39H. The second-order valence-corrected chi connectivity index (χ2v) is 16.9. The lowest BCUT2D eigenvalue weighted by Crippen LogP contribution is -1.94. The lowest BCUT2D eigenvalue weighted by molar-refractivity contribution is 1.18. The van der Waals surface area contributed by atoms with Gasteiger partial charge in [-0.25, -0.2) is 4.98 Å². The summed E-state index contributed by atoms with van der Waals surface area (Å²) in [6.45, 7) is 0. The molecule has 0 radical (unpaired) electrons. The molecule has 65 heavy (non-hydrogen) atoms. The van der Waals surface area contributed by atoms with E-state index in [9.17, 15) is 0 Å². The van der Waals surface area contributed by atoms with Crippen LogP contribution in [0.2, 0.25) is 0 Å². The Bertz CT molecular complexity index is 3970. The average Bonchev–Trinajstić information content (AvgIpc) is 3.72. The minimum absolute atomic E-state index is 0.858. The maximum atomic E-state index is 5.28. The largest absolute Gasteiger partial charge is 0.309 e. The minimum atomic E-state index is 0.858. The van der Waals surface area contributed by atoms with Gasteiger partial charge in [-0.15, -0.1) is 0 Å². The third kappa shape index (κ3) is 6.20. The predicted octanol–water partition coefficient (Wildman–Crippen LogP) is 16.5. The zero-order valence-electron chi connectivity index (χ0n) is 35.4. The molecule has 2 aromatic heterocycles. The number of hydrogen-bond acceptors (Lipinski definition) is 2. The van der Waals surface area contributed by atoms with Crippen LogP contribution in [0, 0.1) is 0 Å². The number of rotatable bonds is 6. The van der Waals surface area contributed by atoms with Gasteiger partial charge in [0.15, 0.2) is 0 Å². The highest BCUT2D eigenvalue weighted by Crippen LogP contribution is 2.39. The van der Waals surface area contributed by atoms with Crippen molar-refractivity contribution in [2.75, 3.05) is 0 Å². The molecule has 0 aliphatic carbocycles. The summed E-state index contributed by atoms with van der Waals surface area (Å²) in [5.74, 6) is 0. The van der Waals surface area contributed by atoms with Gasteiger partial charge in [-0.2, -0.15) is 0 Å². The number of hydrogen-bond donors (Lipinski definition) is 0. The van der Waals surface area contributed by atoms with Gasteiger partial charge in [0.2, 0.25) is 0 Å². The van der Waals surface area contributed by atoms with Crippen molar-refractivity contribution in [3.05, 3.63) is 237 Å². The van der Waals surface area contributed by atoms with Gasteiger partial charge in [0, 0.05) is 32.8 Å². The summed E-state index contributed by atoms with van der Waals surface area (Å²) >= 11 is 0. The fourth-order valence-electron chi connectivity index (χ4n) is 10.1. The van der Waals surface area contributed by atoms with Gasteiger partial charge in [-0.1, -0.05) is 188 Å². The molecule has 13 rings (SSSR count).